The Hall–Kier alpha value is -2.55. The molecule has 0 atom stereocenters. The Bertz CT molecular complexity index is 757. The van der Waals surface area contributed by atoms with E-state index in [0.717, 1.165) is 32.0 Å². The molecule has 9 heteroatoms. The molecular weight excluding hydrogens is 361 g/mol. The minimum atomic E-state index is -1.24. The fourth-order valence-electron chi connectivity index (χ4n) is 2.68. The molecule has 27 heavy (non-hydrogen) atoms. The summed E-state index contributed by atoms with van der Waals surface area (Å²) in [6.07, 6.45) is 4.40. The summed E-state index contributed by atoms with van der Waals surface area (Å²) in [7, 11) is 0. The molecule has 1 aromatic heterocycles. The van der Waals surface area contributed by atoms with Crippen LogP contribution in [0.4, 0.5) is 19.0 Å². The van der Waals surface area contributed by atoms with Crippen molar-refractivity contribution >= 4 is 5.82 Å². The molecule has 1 N–H and O–H groups in total. The van der Waals surface area contributed by atoms with E-state index in [0.29, 0.717) is 37.5 Å². The number of unbranched alkanes of at least 4 members (excludes halogenated alkanes) is 1. The Labute approximate surface area is 155 Å². The van der Waals surface area contributed by atoms with Crippen molar-refractivity contribution in [3.8, 4) is 11.6 Å². The van der Waals surface area contributed by atoms with Crippen LogP contribution in [0.1, 0.15) is 12.8 Å². The molecule has 1 aliphatic rings. The van der Waals surface area contributed by atoms with Crippen LogP contribution in [0.3, 0.4) is 0 Å². The Morgan fingerprint density at radius 3 is 2.33 bits per heavy atom. The molecule has 1 aromatic carbocycles. The number of rotatable bonds is 8. The van der Waals surface area contributed by atoms with Crippen molar-refractivity contribution in [2.45, 2.75) is 12.8 Å². The second kappa shape index (κ2) is 9.40. The van der Waals surface area contributed by atoms with Crippen molar-refractivity contribution in [1.29, 1.82) is 0 Å². The molecule has 146 valence electrons. The number of aromatic nitrogens is 2. The second-order valence-corrected chi connectivity index (χ2v) is 6.02. The molecule has 3 rings (SSSR count). The Balaban J connectivity index is 1.43. The number of piperazine rings is 1. The first kappa shape index (κ1) is 19.2. The predicted molar refractivity (Wildman–Crippen MR) is 93.7 cm³/mol. The van der Waals surface area contributed by atoms with Gasteiger partial charge in [0.2, 0.25) is 0 Å². The van der Waals surface area contributed by atoms with Gasteiger partial charge in [-0.3, -0.25) is 0 Å². The van der Waals surface area contributed by atoms with Gasteiger partial charge in [-0.1, -0.05) is 0 Å². The maximum Gasteiger partial charge on any atom is 0.257 e. The second-order valence-electron chi connectivity index (χ2n) is 6.02. The molecular formula is C18H21F3N4O2. The van der Waals surface area contributed by atoms with Crippen molar-refractivity contribution < 1.29 is 22.6 Å². The van der Waals surface area contributed by atoms with Crippen molar-refractivity contribution in [3.63, 3.8) is 0 Å². The number of halogens is 3. The Kier molecular flexibility index (Phi) is 6.69. The average molecular weight is 382 g/mol. The average Bonchev–Trinajstić information content (AvgIpc) is 2.69. The van der Waals surface area contributed by atoms with Crippen LogP contribution in [0, 0.1) is 17.5 Å². The molecule has 0 unspecified atom stereocenters. The molecule has 1 fully saturated rings. The van der Waals surface area contributed by atoms with Crippen LogP contribution in [0.2, 0.25) is 0 Å². The van der Waals surface area contributed by atoms with E-state index < -0.39 is 17.5 Å². The molecule has 0 amide bonds. The van der Waals surface area contributed by atoms with Gasteiger partial charge in [0.25, 0.3) is 5.88 Å². The molecule has 0 radical (unpaired) electrons. The number of hydrogen-bond acceptors (Lipinski definition) is 6. The van der Waals surface area contributed by atoms with E-state index in [9.17, 15) is 13.2 Å². The van der Waals surface area contributed by atoms with E-state index >= 15 is 0 Å². The van der Waals surface area contributed by atoms with Crippen molar-refractivity contribution in [1.82, 2.24) is 15.3 Å². The molecule has 6 nitrogen and oxygen atoms in total. The third kappa shape index (κ3) is 5.22. The van der Waals surface area contributed by atoms with Gasteiger partial charge < -0.3 is 19.7 Å². The summed E-state index contributed by atoms with van der Waals surface area (Å²) in [6.45, 7) is 3.99. The summed E-state index contributed by atoms with van der Waals surface area (Å²) in [5.41, 5.74) is 0. The van der Waals surface area contributed by atoms with Crippen LogP contribution in [-0.2, 0) is 0 Å². The van der Waals surface area contributed by atoms with Gasteiger partial charge in [-0.05, 0) is 12.8 Å². The molecule has 1 saturated heterocycles. The normalized spacial score (nSPS) is 14.3. The summed E-state index contributed by atoms with van der Waals surface area (Å²) in [6, 6.07) is 1.18. The van der Waals surface area contributed by atoms with Crippen LogP contribution in [-0.4, -0.2) is 49.4 Å². The van der Waals surface area contributed by atoms with Crippen molar-refractivity contribution in [2.24, 2.45) is 0 Å². The molecule has 2 aromatic rings. The largest absolute Gasteiger partial charge is 0.490 e. The first-order valence-electron chi connectivity index (χ1n) is 8.82. The van der Waals surface area contributed by atoms with Gasteiger partial charge >= 0.3 is 0 Å². The quantitative estimate of drug-likeness (QED) is 0.559. The fraction of sp³-hybridized carbons (Fsp3) is 0.444. The highest BCUT2D eigenvalue weighted by atomic mass is 19.2. The first-order chi connectivity index (χ1) is 13.1. The summed E-state index contributed by atoms with van der Waals surface area (Å²) in [5, 5.41) is 3.28. The Morgan fingerprint density at radius 1 is 0.889 bits per heavy atom. The van der Waals surface area contributed by atoms with Gasteiger partial charge in [0.05, 0.1) is 13.2 Å². The first-order valence-corrected chi connectivity index (χ1v) is 8.82. The summed E-state index contributed by atoms with van der Waals surface area (Å²) < 4.78 is 50.3. The van der Waals surface area contributed by atoms with E-state index in [-0.39, 0.29) is 12.4 Å². The van der Waals surface area contributed by atoms with Gasteiger partial charge in [0.15, 0.2) is 29.0 Å². The van der Waals surface area contributed by atoms with Gasteiger partial charge in [0, 0.05) is 50.7 Å². The molecule has 2 heterocycles. The van der Waals surface area contributed by atoms with Crippen LogP contribution in [0.25, 0.3) is 0 Å². The number of ether oxygens (including phenoxy) is 2. The molecule has 0 aliphatic carbocycles. The maximum absolute atomic E-state index is 13.5. The van der Waals surface area contributed by atoms with Gasteiger partial charge in [-0.25, -0.2) is 23.1 Å². The molecule has 1 aliphatic heterocycles. The zero-order valence-electron chi connectivity index (χ0n) is 14.8. The van der Waals surface area contributed by atoms with Crippen LogP contribution >= 0.6 is 0 Å². The summed E-state index contributed by atoms with van der Waals surface area (Å²) >= 11 is 0. The molecule has 0 bridgehead atoms. The predicted octanol–water partition coefficient (Wildman–Crippen LogP) is 2.54. The monoisotopic (exact) mass is 382 g/mol. The van der Waals surface area contributed by atoms with E-state index in [1.807, 2.05) is 0 Å². The number of nitrogens with zero attached hydrogens (tertiary/aromatic N) is 3. The lowest BCUT2D eigenvalue weighted by Crippen LogP contribution is -2.44. The number of anilines is 1. The van der Waals surface area contributed by atoms with Crippen LogP contribution in [0.5, 0.6) is 11.6 Å². The lowest BCUT2D eigenvalue weighted by molar-refractivity contribution is 0.253. The highest BCUT2D eigenvalue weighted by molar-refractivity contribution is 5.48. The third-order valence-electron chi connectivity index (χ3n) is 4.07. The standard InChI is InChI=1S/C18H21F3N4O2/c19-13-11-15(21)16(12-14(13)20)26-9-1-2-10-27-18-17(23-3-4-24-18)25-7-5-22-6-8-25/h3-4,11-12,22H,1-2,5-10H2. The van der Waals surface area contributed by atoms with E-state index in [1.54, 1.807) is 12.4 Å². The molecule has 0 spiro atoms. The van der Waals surface area contributed by atoms with E-state index in [4.69, 9.17) is 9.47 Å². The van der Waals surface area contributed by atoms with Gasteiger partial charge in [0.1, 0.15) is 0 Å². The maximum atomic E-state index is 13.5. The molecule has 0 saturated carbocycles. The van der Waals surface area contributed by atoms with E-state index in [1.165, 1.54) is 0 Å². The minimum absolute atomic E-state index is 0.163. The van der Waals surface area contributed by atoms with Gasteiger partial charge in [-0.2, -0.15) is 0 Å². The zero-order valence-corrected chi connectivity index (χ0v) is 14.8. The number of nitrogens with one attached hydrogen (secondary N) is 1. The van der Waals surface area contributed by atoms with Crippen molar-refractivity contribution in [2.75, 3.05) is 44.3 Å². The van der Waals surface area contributed by atoms with Crippen LogP contribution < -0.4 is 19.7 Å². The van der Waals surface area contributed by atoms with E-state index in [2.05, 4.69) is 20.2 Å². The topological polar surface area (TPSA) is 59.5 Å². The minimum Gasteiger partial charge on any atom is -0.490 e. The van der Waals surface area contributed by atoms with Crippen LogP contribution in [0.15, 0.2) is 24.5 Å². The zero-order chi connectivity index (χ0) is 19.1. The highest BCUT2D eigenvalue weighted by Gasteiger charge is 2.17. The lowest BCUT2D eigenvalue weighted by atomic mass is 10.3. The number of hydrogen-bond donors (Lipinski definition) is 1. The number of benzene rings is 1. The fourth-order valence-corrected chi connectivity index (χ4v) is 2.68. The SMILES string of the molecule is Fc1cc(F)c(OCCCCOc2nccnc2N2CCNCC2)cc1F. The third-order valence-corrected chi connectivity index (χ3v) is 4.07. The highest BCUT2D eigenvalue weighted by Crippen LogP contribution is 2.23. The summed E-state index contributed by atoms with van der Waals surface area (Å²) in [4.78, 5) is 10.7. The van der Waals surface area contributed by atoms with Crippen molar-refractivity contribution in [3.05, 3.63) is 42.0 Å². The summed E-state index contributed by atoms with van der Waals surface area (Å²) in [5.74, 6) is -2.41. The smallest absolute Gasteiger partial charge is 0.257 e. The van der Waals surface area contributed by atoms with Gasteiger partial charge in [-0.15, -0.1) is 0 Å². The lowest BCUT2D eigenvalue weighted by Gasteiger charge is -2.28. The Morgan fingerprint density at radius 2 is 1.56 bits per heavy atom.